The Morgan fingerprint density at radius 2 is 1.87 bits per heavy atom. The van der Waals surface area contributed by atoms with Gasteiger partial charge in [0.15, 0.2) is 6.61 Å². The number of benzene rings is 2. The van der Waals surface area contributed by atoms with Crippen LogP contribution >= 0.6 is 15.9 Å². The maximum Gasteiger partial charge on any atom is 0.341 e. The normalized spacial score (nSPS) is 15.1. The highest BCUT2D eigenvalue weighted by Gasteiger charge is 2.37. The smallest absolute Gasteiger partial charge is 0.341 e. The number of halogens is 1. The first kappa shape index (κ1) is 21.6. The molecular formula is C19H12BrN3O8. The van der Waals surface area contributed by atoms with Gasteiger partial charge in [0, 0.05) is 12.1 Å². The third kappa shape index (κ3) is 4.75. The molecule has 11 nitrogen and oxygen atoms in total. The zero-order valence-corrected chi connectivity index (χ0v) is 17.0. The number of aliphatic carboxylic acids is 1. The summed E-state index contributed by atoms with van der Waals surface area (Å²) < 4.78 is 5.47. The number of anilines is 1. The van der Waals surface area contributed by atoms with E-state index in [9.17, 15) is 29.3 Å². The molecule has 1 heterocycles. The van der Waals surface area contributed by atoms with E-state index in [1.165, 1.54) is 36.4 Å². The van der Waals surface area contributed by atoms with Crippen LogP contribution in [0, 0.1) is 10.1 Å². The van der Waals surface area contributed by atoms with Gasteiger partial charge in [-0.2, -0.15) is 0 Å². The maximum atomic E-state index is 12.8. The lowest BCUT2D eigenvalue weighted by Crippen LogP contribution is -2.54. The second kappa shape index (κ2) is 8.75. The molecule has 0 radical (unpaired) electrons. The fourth-order valence-corrected chi connectivity index (χ4v) is 3.16. The molecule has 4 amide bonds. The largest absolute Gasteiger partial charge is 0.481 e. The molecule has 2 aromatic carbocycles. The molecule has 0 atom stereocenters. The van der Waals surface area contributed by atoms with Crippen molar-refractivity contribution in [2.24, 2.45) is 0 Å². The minimum atomic E-state index is -1.15. The summed E-state index contributed by atoms with van der Waals surface area (Å²) in [5, 5.41) is 21.5. The zero-order valence-electron chi connectivity index (χ0n) is 15.4. The standard InChI is InChI=1S/C19H12BrN3O8/c20-14-8-10(1-6-15(14)31-9-16(24)25)7-13-17(26)21-19(28)22(18(13)27)11-2-4-12(5-3-11)23(29)30/h1-8H,9H2,(H,24,25)(H,21,26,28)/b13-7-. The van der Waals surface area contributed by atoms with Crippen LogP contribution in [0.1, 0.15) is 5.56 Å². The van der Waals surface area contributed by atoms with Crippen molar-refractivity contribution in [2.75, 3.05) is 11.5 Å². The molecule has 0 bridgehead atoms. The summed E-state index contributed by atoms with van der Waals surface area (Å²) in [6, 6.07) is 8.14. The molecule has 3 rings (SSSR count). The van der Waals surface area contributed by atoms with Gasteiger partial charge in [0.05, 0.1) is 15.1 Å². The highest BCUT2D eigenvalue weighted by molar-refractivity contribution is 9.10. The molecule has 1 aliphatic heterocycles. The lowest BCUT2D eigenvalue weighted by molar-refractivity contribution is -0.384. The first-order valence-electron chi connectivity index (χ1n) is 8.47. The quantitative estimate of drug-likeness (QED) is 0.271. The minimum Gasteiger partial charge on any atom is -0.481 e. The van der Waals surface area contributed by atoms with Gasteiger partial charge in [-0.25, -0.2) is 14.5 Å². The fraction of sp³-hybridized carbons (Fsp3) is 0.0526. The van der Waals surface area contributed by atoms with E-state index in [1.54, 1.807) is 0 Å². The summed E-state index contributed by atoms with van der Waals surface area (Å²) >= 11 is 3.22. The summed E-state index contributed by atoms with van der Waals surface area (Å²) in [7, 11) is 0. The van der Waals surface area contributed by atoms with Gasteiger partial charge in [0.1, 0.15) is 11.3 Å². The van der Waals surface area contributed by atoms with E-state index in [1.807, 2.05) is 5.32 Å². The lowest BCUT2D eigenvalue weighted by Gasteiger charge is -2.26. The van der Waals surface area contributed by atoms with Crippen molar-refractivity contribution in [3.63, 3.8) is 0 Å². The van der Waals surface area contributed by atoms with E-state index in [2.05, 4.69) is 15.9 Å². The molecule has 1 saturated heterocycles. The number of barbiturate groups is 1. The van der Waals surface area contributed by atoms with E-state index >= 15 is 0 Å². The molecule has 0 aromatic heterocycles. The number of ether oxygens (including phenoxy) is 1. The molecule has 12 heteroatoms. The monoisotopic (exact) mass is 489 g/mol. The summed E-state index contributed by atoms with van der Waals surface area (Å²) in [5.74, 6) is -2.73. The van der Waals surface area contributed by atoms with Gasteiger partial charge in [-0.1, -0.05) is 6.07 Å². The first-order chi connectivity index (χ1) is 14.7. The molecule has 1 aliphatic rings. The summed E-state index contributed by atoms with van der Waals surface area (Å²) in [6.45, 7) is -0.549. The molecule has 0 aliphatic carbocycles. The van der Waals surface area contributed by atoms with Gasteiger partial charge in [-0.15, -0.1) is 0 Å². The van der Waals surface area contributed by atoms with Gasteiger partial charge in [0.2, 0.25) is 0 Å². The van der Waals surface area contributed by atoms with Crippen LogP contribution in [0.5, 0.6) is 5.75 Å². The van der Waals surface area contributed by atoms with Crippen LogP contribution in [0.2, 0.25) is 0 Å². The highest BCUT2D eigenvalue weighted by atomic mass is 79.9. The Bertz CT molecular complexity index is 1140. The van der Waals surface area contributed by atoms with Gasteiger partial charge in [0.25, 0.3) is 17.5 Å². The predicted molar refractivity (Wildman–Crippen MR) is 109 cm³/mol. The Morgan fingerprint density at radius 3 is 2.45 bits per heavy atom. The Morgan fingerprint density at radius 1 is 1.19 bits per heavy atom. The molecule has 158 valence electrons. The van der Waals surface area contributed by atoms with Crippen LogP contribution in [-0.2, 0) is 14.4 Å². The number of nitrogens with one attached hydrogen (secondary N) is 1. The summed E-state index contributed by atoms with van der Waals surface area (Å²) in [6.07, 6.45) is 1.24. The molecule has 0 saturated carbocycles. The SMILES string of the molecule is O=C(O)COc1ccc(/C=C2/C(=O)NC(=O)N(c3ccc([N+](=O)[O-])cc3)C2=O)cc1Br. The number of nitro groups is 1. The van der Waals surface area contributed by atoms with E-state index in [4.69, 9.17) is 9.84 Å². The molecule has 0 spiro atoms. The average Bonchev–Trinajstić information content (AvgIpc) is 2.70. The number of hydrogen-bond acceptors (Lipinski definition) is 7. The lowest BCUT2D eigenvalue weighted by atomic mass is 10.1. The molecule has 2 N–H and O–H groups in total. The van der Waals surface area contributed by atoms with Crippen molar-refractivity contribution < 1.29 is 33.9 Å². The average molecular weight is 490 g/mol. The van der Waals surface area contributed by atoms with Crippen LogP contribution in [0.3, 0.4) is 0 Å². The third-order valence-corrected chi connectivity index (χ3v) is 4.66. The van der Waals surface area contributed by atoms with Gasteiger partial charge in [-0.05, 0) is 51.8 Å². The molecule has 0 unspecified atom stereocenters. The van der Waals surface area contributed by atoms with Crippen molar-refractivity contribution in [1.82, 2.24) is 5.32 Å². The maximum absolute atomic E-state index is 12.8. The molecule has 1 fully saturated rings. The number of nitro benzene ring substituents is 1. The number of hydrogen-bond donors (Lipinski definition) is 2. The number of imide groups is 2. The van der Waals surface area contributed by atoms with Crippen molar-refractivity contribution in [2.45, 2.75) is 0 Å². The molecule has 31 heavy (non-hydrogen) atoms. The number of carbonyl (C=O) groups excluding carboxylic acids is 3. The topological polar surface area (TPSA) is 156 Å². The van der Waals surface area contributed by atoms with Gasteiger partial charge < -0.3 is 9.84 Å². The zero-order chi connectivity index (χ0) is 22.7. The van der Waals surface area contributed by atoms with E-state index in [0.717, 1.165) is 12.1 Å². The number of urea groups is 1. The Kier molecular flexibility index (Phi) is 6.11. The number of rotatable bonds is 6. The van der Waals surface area contributed by atoms with E-state index in [0.29, 0.717) is 14.9 Å². The van der Waals surface area contributed by atoms with E-state index < -0.39 is 35.3 Å². The highest BCUT2D eigenvalue weighted by Crippen LogP contribution is 2.28. The van der Waals surface area contributed by atoms with Crippen LogP contribution < -0.4 is 15.0 Å². The predicted octanol–water partition coefficient (Wildman–Crippen LogP) is 2.49. The Balaban J connectivity index is 1.90. The second-order valence-corrected chi connectivity index (χ2v) is 6.96. The second-order valence-electron chi connectivity index (χ2n) is 6.10. The number of carbonyl (C=O) groups is 4. The number of carboxylic acid groups (broad SMARTS) is 1. The van der Waals surface area contributed by atoms with Crippen LogP contribution in [0.15, 0.2) is 52.5 Å². The number of non-ortho nitro benzene ring substituents is 1. The van der Waals surface area contributed by atoms with Crippen molar-refractivity contribution in [3.05, 3.63) is 68.2 Å². The van der Waals surface area contributed by atoms with E-state index in [-0.39, 0.29) is 22.7 Å². The number of nitrogens with zero attached hydrogens (tertiary/aromatic N) is 2. The van der Waals surface area contributed by atoms with Crippen LogP contribution in [0.4, 0.5) is 16.2 Å². The summed E-state index contributed by atoms with van der Waals surface area (Å²) in [4.78, 5) is 58.7. The van der Waals surface area contributed by atoms with Gasteiger partial charge in [-0.3, -0.25) is 25.0 Å². The van der Waals surface area contributed by atoms with Crippen LogP contribution in [-0.4, -0.2) is 40.5 Å². The van der Waals surface area contributed by atoms with Gasteiger partial charge >= 0.3 is 12.0 Å². The molecular weight excluding hydrogens is 478 g/mol. The van der Waals surface area contributed by atoms with Crippen molar-refractivity contribution in [3.8, 4) is 5.75 Å². The number of carboxylic acids is 1. The third-order valence-electron chi connectivity index (χ3n) is 4.04. The minimum absolute atomic E-state index is 0.0464. The Hall–Kier alpha value is -4.06. The van der Waals surface area contributed by atoms with Crippen molar-refractivity contribution >= 4 is 57.2 Å². The summed E-state index contributed by atoms with van der Waals surface area (Å²) in [5.41, 5.74) is -0.129. The number of amides is 4. The van der Waals surface area contributed by atoms with Crippen LogP contribution in [0.25, 0.3) is 6.08 Å². The first-order valence-corrected chi connectivity index (χ1v) is 9.26. The van der Waals surface area contributed by atoms with Crippen molar-refractivity contribution in [1.29, 1.82) is 0 Å². The molecule has 2 aromatic rings. The Labute approximate surface area is 182 Å². The fourth-order valence-electron chi connectivity index (χ4n) is 2.65.